The summed E-state index contributed by atoms with van der Waals surface area (Å²) in [5.41, 5.74) is 1.77. The van der Waals surface area contributed by atoms with Gasteiger partial charge in [0.25, 0.3) is 5.56 Å². The van der Waals surface area contributed by atoms with E-state index < -0.39 is 0 Å². The number of pyridine rings is 1. The predicted octanol–water partition coefficient (Wildman–Crippen LogP) is 2.16. The summed E-state index contributed by atoms with van der Waals surface area (Å²) >= 11 is 0. The first-order valence-electron chi connectivity index (χ1n) is 5.17. The van der Waals surface area contributed by atoms with Gasteiger partial charge >= 0.3 is 0 Å². The first kappa shape index (κ1) is 9.15. The SMILES string of the molecule is CCn1c(=O)c2ncoc2c2ccccc21. The Hall–Kier alpha value is -2.10. The molecule has 0 fully saturated rings. The Labute approximate surface area is 91.1 Å². The van der Waals surface area contributed by atoms with E-state index in [1.165, 1.54) is 6.39 Å². The lowest BCUT2D eigenvalue weighted by atomic mass is 10.2. The van der Waals surface area contributed by atoms with Crippen LogP contribution in [0.1, 0.15) is 6.92 Å². The molecule has 0 N–H and O–H groups in total. The molecule has 16 heavy (non-hydrogen) atoms. The number of aryl methyl sites for hydroxylation is 1. The number of nitrogens with zero attached hydrogens (tertiary/aromatic N) is 2. The molecule has 4 nitrogen and oxygen atoms in total. The molecule has 0 aliphatic rings. The maximum Gasteiger partial charge on any atom is 0.280 e. The summed E-state index contributed by atoms with van der Waals surface area (Å²) < 4.78 is 7.00. The van der Waals surface area contributed by atoms with Crippen LogP contribution in [0.4, 0.5) is 0 Å². The summed E-state index contributed by atoms with van der Waals surface area (Å²) in [7, 11) is 0. The van der Waals surface area contributed by atoms with Crippen molar-refractivity contribution in [1.82, 2.24) is 9.55 Å². The van der Waals surface area contributed by atoms with Crippen molar-refractivity contribution in [2.75, 3.05) is 0 Å². The van der Waals surface area contributed by atoms with Gasteiger partial charge in [0.1, 0.15) is 0 Å². The van der Waals surface area contributed by atoms with Gasteiger partial charge in [-0.05, 0) is 19.1 Å². The van der Waals surface area contributed by atoms with Gasteiger partial charge in [0, 0.05) is 11.9 Å². The van der Waals surface area contributed by atoms with Gasteiger partial charge in [0.05, 0.1) is 5.52 Å². The van der Waals surface area contributed by atoms with Crippen LogP contribution in [0.2, 0.25) is 0 Å². The van der Waals surface area contributed by atoms with E-state index in [9.17, 15) is 4.79 Å². The first-order valence-corrected chi connectivity index (χ1v) is 5.17. The third kappa shape index (κ3) is 1.04. The van der Waals surface area contributed by atoms with Crippen molar-refractivity contribution in [1.29, 1.82) is 0 Å². The number of rotatable bonds is 1. The smallest absolute Gasteiger partial charge is 0.280 e. The van der Waals surface area contributed by atoms with E-state index in [1.54, 1.807) is 4.57 Å². The van der Waals surface area contributed by atoms with E-state index in [0.29, 0.717) is 17.6 Å². The summed E-state index contributed by atoms with van der Waals surface area (Å²) in [6.07, 6.45) is 1.32. The fourth-order valence-electron chi connectivity index (χ4n) is 2.04. The van der Waals surface area contributed by atoms with E-state index in [4.69, 9.17) is 4.42 Å². The molecule has 4 heteroatoms. The molecule has 80 valence electrons. The average molecular weight is 214 g/mol. The average Bonchev–Trinajstić information content (AvgIpc) is 2.79. The molecule has 0 aliphatic heterocycles. The van der Waals surface area contributed by atoms with Gasteiger partial charge in [-0.3, -0.25) is 4.79 Å². The molecule has 3 rings (SSSR count). The van der Waals surface area contributed by atoms with E-state index in [1.807, 2.05) is 31.2 Å². The summed E-state index contributed by atoms with van der Waals surface area (Å²) in [5, 5.41) is 0.927. The highest BCUT2D eigenvalue weighted by atomic mass is 16.3. The highest BCUT2D eigenvalue weighted by Crippen LogP contribution is 2.21. The molecule has 0 saturated heterocycles. The second-order valence-corrected chi connectivity index (χ2v) is 3.60. The monoisotopic (exact) mass is 214 g/mol. The van der Waals surface area contributed by atoms with Crippen LogP contribution in [-0.4, -0.2) is 9.55 Å². The van der Waals surface area contributed by atoms with Crippen molar-refractivity contribution < 1.29 is 4.42 Å². The Morgan fingerprint density at radius 1 is 1.38 bits per heavy atom. The van der Waals surface area contributed by atoms with Crippen LogP contribution >= 0.6 is 0 Å². The Kier molecular flexibility index (Phi) is 1.83. The highest BCUT2D eigenvalue weighted by molar-refractivity contribution is 6.00. The van der Waals surface area contributed by atoms with E-state index in [-0.39, 0.29) is 5.56 Å². The fraction of sp³-hybridized carbons (Fsp3) is 0.167. The van der Waals surface area contributed by atoms with Crippen molar-refractivity contribution in [3.8, 4) is 0 Å². The lowest BCUT2D eigenvalue weighted by molar-refractivity contribution is 0.604. The van der Waals surface area contributed by atoms with Crippen molar-refractivity contribution in [3.63, 3.8) is 0 Å². The van der Waals surface area contributed by atoms with Crippen LogP contribution in [0.25, 0.3) is 22.0 Å². The summed E-state index contributed by atoms with van der Waals surface area (Å²) in [6, 6.07) is 7.70. The molecule has 0 spiro atoms. The predicted molar refractivity (Wildman–Crippen MR) is 61.4 cm³/mol. The van der Waals surface area contributed by atoms with Gasteiger partial charge in [0.15, 0.2) is 17.5 Å². The van der Waals surface area contributed by atoms with Gasteiger partial charge in [-0.2, -0.15) is 0 Å². The Bertz CT molecular complexity index is 725. The number of hydrogen-bond donors (Lipinski definition) is 0. The molecule has 0 bridgehead atoms. The Morgan fingerprint density at radius 2 is 2.19 bits per heavy atom. The van der Waals surface area contributed by atoms with Gasteiger partial charge < -0.3 is 8.98 Å². The van der Waals surface area contributed by atoms with Crippen LogP contribution in [0.15, 0.2) is 39.9 Å². The van der Waals surface area contributed by atoms with E-state index in [0.717, 1.165) is 10.9 Å². The third-order valence-electron chi connectivity index (χ3n) is 2.77. The van der Waals surface area contributed by atoms with E-state index >= 15 is 0 Å². The number of aromatic nitrogens is 2. The topological polar surface area (TPSA) is 48.0 Å². The van der Waals surface area contributed by atoms with Crippen LogP contribution in [-0.2, 0) is 6.54 Å². The van der Waals surface area contributed by atoms with Gasteiger partial charge in [0.2, 0.25) is 0 Å². The third-order valence-corrected chi connectivity index (χ3v) is 2.77. The molecule has 2 aromatic heterocycles. The molecule has 2 heterocycles. The van der Waals surface area contributed by atoms with Crippen LogP contribution in [0, 0.1) is 0 Å². The van der Waals surface area contributed by atoms with E-state index in [2.05, 4.69) is 4.98 Å². The van der Waals surface area contributed by atoms with Crippen LogP contribution in [0.3, 0.4) is 0 Å². The zero-order valence-corrected chi connectivity index (χ0v) is 8.80. The summed E-state index contributed by atoms with van der Waals surface area (Å²) in [5.74, 6) is 0. The Balaban J connectivity index is 2.70. The number of hydrogen-bond acceptors (Lipinski definition) is 3. The number of para-hydroxylation sites is 1. The normalized spacial score (nSPS) is 11.3. The number of benzene rings is 1. The highest BCUT2D eigenvalue weighted by Gasteiger charge is 2.12. The lowest BCUT2D eigenvalue weighted by Gasteiger charge is -2.06. The standard InChI is InChI=1S/C12H10N2O2/c1-2-14-9-6-4-3-5-8(9)11-10(12(14)15)13-7-16-11/h3-7H,2H2,1H3. The molecule has 3 aromatic rings. The van der Waals surface area contributed by atoms with Crippen molar-refractivity contribution >= 4 is 22.0 Å². The minimum absolute atomic E-state index is 0.0926. The second kappa shape index (κ2) is 3.20. The maximum absolute atomic E-state index is 12.1. The molecule has 0 unspecified atom stereocenters. The maximum atomic E-state index is 12.1. The largest absolute Gasteiger partial charge is 0.443 e. The molecule has 0 atom stereocenters. The quantitative estimate of drug-likeness (QED) is 0.623. The molecule has 0 saturated carbocycles. The number of fused-ring (bicyclic) bond motifs is 3. The zero-order chi connectivity index (χ0) is 11.1. The molecule has 0 amide bonds. The molecule has 0 radical (unpaired) electrons. The molecular weight excluding hydrogens is 204 g/mol. The van der Waals surface area contributed by atoms with Gasteiger partial charge in [-0.1, -0.05) is 12.1 Å². The Morgan fingerprint density at radius 3 is 3.00 bits per heavy atom. The first-order chi connectivity index (χ1) is 7.83. The van der Waals surface area contributed by atoms with Crippen LogP contribution < -0.4 is 5.56 Å². The zero-order valence-electron chi connectivity index (χ0n) is 8.80. The summed E-state index contributed by atoms with van der Waals surface area (Å²) in [6.45, 7) is 2.57. The van der Waals surface area contributed by atoms with Crippen LogP contribution in [0.5, 0.6) is 0 Å². The van der Waals surface area contributed by atoms with Crippen molar-refractivity contribution in [2.24, 2.45) is 0 Å². The molecular formula is C12H10N2O2. The fourth-order valence-corrected chi connectivity index (χ4v) is 2.04. The molecule has 1 aromatic carbocycles. The number of oxazole rings is 1. The minimum atomic E-state index is -0.0926. The van der Waals surface area contributed by atoms with Gasteiger partial charge in [-0.25, -0.2) is 4.98 Å². The molecule has 0 aliphatic carbocycles. The minimum Gasteiger partial charge on any atom is -0.443 e. The van der Waals surface area contributed by atoms with Gasteiger partial charge in [-0.15, -0.1) is 0 Å². The second-order valence-electron chi connectivity index (χ2n) is 3.60. The summed E-state index contributed by atoms with van der Waals surface area (Å²) in [4.78, 5) is 16.1. The van der Waals surface area contributed by atoms with Crippen molar-refractivity contribution in [2.45, 2.75) is 13.5 Å². The lowest BCUT2D eigenvalue weighted by Crippen LogP contribution is -2.19. The van der Waals surface area contributed by atoms with Crippen molar-refractivity contribution in [3.05, 3.63) is 41.0 Å².